The van der Waals surface area contributed by atoms with Gasteiger partial charge in [-0.2, -0.15) is 13.2 Å². The maximum absolute atomic E-state index is 13.3. The second-order valence-corrected chi connectivity index (χ2v) is 8.74. The van der Waals surface area contributed by atoms with Crippen LogP contribution in [0.4, 0.5) is 18.9 Å². The Kier molecular flexibility index (Phi) is 8.61. The summed E-state index contributed by atoms with van der Waals surface area (Å²) in [7, 11) is 3.76. The summed E-state index contributed by atoms with van der Waals surface area (Å²) in [5.74, 6) is 0.101. The lowest BCUT2D eigenvalue weighted by atomic mass is 10.1. The molecule has 10 heteroatoms. The molecule has 0 radical (unpaired) electrons. The van der Waals surface area contributed by atoms with Crippen LogP contribution >= 0.6 is 0 Å². The number of hydrogen-bond donors (Lipinski definition) is 2. The standard InChI is InChI=1S/C25H31F3N4O3/c1-17(33)32-13-14-35-23-19(16-32)8-6-10-21(23)30-22(11-12-31(2)3)24(34)29-15-18-7-4-5-9-20(18)25(26,27)28/h4-10,22,30H,11-16H2,1-3H3,(H,29,34). The highest BCUT2D eigenvalue weighted by Crippen LogP contribution is 2.33. The van der Waals surface area contributed by atoms with Crippen molar-refractivity contribution in [1.29, 1.82) is 0 Å². The summed E-state index contributed by atoms with van der Waals surface area (Å²) in [6, 6.07) is 9.96. The molecule has 2 aromatic carbocycles. The van der Waals surface area contributed by atoms with Crippen LogP contribution in [-0.4, -0.2) is 61.4 Å². The molecule has 1 atom stereocenters. The molecule has 0 fully saturated rings. The molecule has 35 heavy (non-hydrogen) atoms. The molecule has 0 bridgehead atoms. The third-order valence-corrected chi connectivity index (χ3v) is 5.80. The van der Waals surface area contributed by atoms with Gasteiger partial charge in [0.25, 0.3) is 0 Å². The number of amides is 2. The van der Waals surface area contributed by atoms with E-state index in [1.54, 1.807) is 11.0 Å². The number of ether oxygens (including phenoxy) is 1. The Bertz CT molecular complexity index is 1040. The van der Waals surface area contributed by atoms with E-state index in [4.69, 9.17) is 4.74 Å². The zero-order chi connectivity index (χ0) is 25.6. The summed E-state index contributed by atoms with van der Waals surface area (Å²) in [6.45, 7) is 3.00. The van der Waals surface area contributed by atoms with Crippen LogP contribution in [0, 0.1) is 0 Å². The maximum atomic E-state index is 13.3. The van der Waals surface area contributed by atoms with Crippen LogP contribution in [-0.2, 0) is 28.9 Å². The van der Waals surface area contributed by atoms with Crippen LogP contribution in [0.5, 0.6) is 5.75 Å². The van der Waals surface area contributed by atoms with Crippen molar-refractivity contribution in [3.8, 4) is 5.75 Å². The number of para-hydroxylation sites is 1. The Morgan fingerprint density at radius 2 is 1.89 bits per heavy atom. The van der Waals surface area contributed by atoms with E-state index >= 15 is 0 Å². The number of nitrogens with zero attached hydrogens (tertiary/aromatic N) is 2. The number of nitrogens with one attached hydrogen (secondary N) is 2. The van der Waals surface area contributed by atoms with Gasteiger partial charge in [-0.25, -0.2) is 0 Å². The summed E-state index contributed by atoms with van der Waals surface area (Å²) in [5, 5.41) is 5.88. The van der Waals surface area contributed by atoms with Gasteiger partial charge in [0.2, 0.25) is 11.8 Å². The fourth-order valence-electron chi connectivity index (χ4n) is 3.91. The lowest BCUT2D eigenvalue weighted by Crippen LogP contribution is -2.41. The number of anilines is 1. The fourth-order valence-corrected chi connectivity index (χ4v) is 3.91. The molecule has 1 aliphatic heterocycles. The first kappa shape index (κ1) is 26.3. The third-order valence-electron chi connectivity index (χ3n) is 5.80. The molecule has 2 N–H and O–H groups in total. The SMILES string of the molecule is CC(=O)N1CCOc2c(cccc2NC(CCN(C)C)C(=O)NCc2ccccc2C(F)(F)F)C1. The molecule has 1 heterocycles. The first-order valence-corrected chi connectivity index (χ1v) is 11.4. The first-order chi connectivity index (χ1) is 16.6. The molecule has 0 saturated carbocycles. The van der Waals surface area contributed by atoms with Crippen LogP contribution in [0.3, 0.4) is 0 Å². The molecular formula is C25H31F3N4O3. The molecule has 2 aromatic rings. The van der Waals surface area contributed by atoms with Gasteiger partial charge in [0, 0.05) is 25.6 Å². The molecule has 3 rings (SSSR count). The lowest BCUT2D eigenvalue weighted by molar-refractivity contribution is -0.138. The maximum Gasteiger partial charge on any atom is 0.416 e. The summed E-state index contributed by atoms with van der Waals surface area (Å²) < 4.78 is 45.9. The minimum absolute atomic E-state index is 0.000875. The molecular weight excluding hydrogens is 461 g/mol. The Labute approximate surface area is 203 Å². The Morgan fingerprint density at radius 3 is 2.57 bits per heavy atom. The van der Waals surface area contributed by atoms with Crippen LogP contribution in [0.2, 0.25) is 0 Å². The van der Waals surface area contributed by atoms with Crippen molar-refractivity contribution in [3.63, 3.8) is 0 Å². The van der Waals surface area contributed by atoms with Gasteiger partial charge in [-0.15, -0.1) is 0 Å². The van der Waals surface area contributed by atoms with Gasteiger partial charge >= 0.3 is 6.18 Å². The van der Waals surface area contributed by atoms with Crippen LogP contribution < -0.4 is 15.4 Å². The Hall–Kier alpha value is -3.27. The largest absolute Gasteiger partial charge is 0.489 e. The second-order valence-electron chi connectivity index (χ2n) is 8.74. The smallest absolute Gasteiger partial charge is 0.416 e. The van der Waals surface area contributed by atoms with E-state index in [0.717, 1.165) is 11.6 Å². The van der Waals surface area contributed by atoms with Crippen molar-refractivity contribution < 1.29 is 27.5 Å². The number of carbonyl (C=O) groups excluding carboxylic acids is 2. The van der Waals surface area contributed by atoms with Gasteiger partial charge in [0.1, 0.15) is 18.4 Å². The fraction of sp³-hybridized carbons (Fsp3) is 0.440. The second kappa shape index (κ2) is 11.4. The van der Waals surface area contributed by atoms with E-state index in [2.05, 4.69) is 10.6 Å². The van der Waals surface area contributed by atoms with Gasteiger partial charge in [0.05, 0.1) is 17.8 Å². The Morgan fingerprint density at radius 1 is 1.14 bits per heavy atom. The number of carbonyl (C=O) groups is 2. The number of alkyl halides is 3. The topological polar surface area (TPSA) is 73.9 Å². The zero-order valence-corrected chi connectivity index (χ0v) is 20.1. The molecule has 2 amide bonds. The number of benzene rings is 2. The average Bonchev–Trinajstić information content (AvgIpc) is 3.03. The molecule has 0 saturated heterocycles. The van der Waals surface area contributed by atoms with Crippen LogP contribution in [0.25, 0.3) is 0 Å². The van der Waals surface area contributed by atoms with Gasteiger partial charge in [-0.05, 0) is 44.8 Å². The number of fused-ring (bicyclic) bond motifs is 1. The van der Waals surface area contributed by atoms with Gasteiger partial charge in [-0.1, -0.05) is 30.3 Å². The van der Waals surface area contributed by atoms with Crippen molar-refractivity contribution in [2.45, 2.75) is 38.7 Å². The number of hydrogen-bond acceptors (Lipinski definition) is 5. The van der Waals surface area contributed by atoms with Crippen molar-refractivity contribution in [1.82, 2.24) is 15.1 Å². The molecule has 0 spiro atoms. The van der Waals surface area contributed by atoms with E-state index in [0.29, 0.717) is 44.1 Å². The van der Waals surface area contributed by atoms with Gasteiger partial charge in [-0.3, -0.25) is 9.59 Å². The van der Waals surface area contributed by atoms with Crippen molar-refractivity contribution in [3.05, 3.63) is 59.2 Å². The van der Waals surface area contributed by atoms with Crippen molar-refractivity contribution in [2.75, 3.05) is 39.1 Å². The predicted molar refractivity (Wildman–Crippen MR) is 127 cm³/mol. The van der Waals surface area contributed by atoms with Crippen LogP contribution in [0.1, 0.15) is 30.0 Å². The normalized spacial score (nSPS) is 14.5. The molecule has 7 nitrogen and oxygen atoms in total. The molecule has 1 aliphatic rings. The Balaban J connectivity index is 1.79. The predicted octanol–water partition coefficient (Wildman–Crippen LogP) is 3.49. The number of rotatable bonds is 8. The third kappa shape index (κ3) is 7.11. The van der Waals surface area contributed by atoms with E-state index in [9.17, 15) is 22.8 Å². The summed E-state index contributed by atoms with van der Waals surface area (Å²) in [6.07, 6.45) is -4.08. The molecule has 1 unspecified atom stereocenters. The lowest BCUT2D eigenvalue weighted by Gasteiger charge is -2.23. The average molecular weight is 493 g/mol. The minimum Gasteiger partial charge on any atom is -0.489 e. The quantitative estimate of drug-likeness (QED) is 0.590. The zero-order valence-electron chi connectivity index (χ0n) is 20.1. The van der Waals surface area contributed by atoms with E-state index in [1.165, 1.54) is 25.1 Å². The first-order valence-electron chi connectivity index (χ1n) is 11.4. The minimum atomic E-state index is -4.50. The highest BCUT2D eigenvalue weighted by atomic mass is 19.4. The van der Waals surface area contributed by atoms with E-state index < -0.39 is 23.7 Å². The van der Waals surface area contributed by atoms with Crippen molar-refractivity contribution in [2.24, 2.45) is 0 Å². The number of halogens is 3. The molecule has 0 aliphatic carbocycles. The highest BCUT2D eigenvalue weighted by molar-refractivity contribution is 5.85. The van der Waals surface area contributed by atoms with Gasteiger partial charge in [0.15, 0.2) is 0 Å². The summed E-state index contributed by atoms with van der Waals surface area (Å²) >= 11 is 0. The highest BCUT2D eigenvalue weighted by Gasteiger charge is 2.33. The van der Waals surface area contributed by atoms with Gasteiger partial charge < -0.3 is 25.2 Å². The van der Waals surface area contributed by atoms with Crippen molar-refractivity contribution >= 4 is 17.5 Å². The molecule has 0 aromatic heterocycles. The molecule has 190 valence electrons. The summed E-state index contributed by atoms with van der Waals surface area (Å²) in [5.41, 5.74) is 0.645. The monoisotopic (exact) mass is 492 g/mol. The van der Waals surface area contributed by atoms with E-state index in [1.807, 2.05) is 31.1 Å². The summed E-state index contributed by atoms with van der Waals surface area (Å²) in [4.78, 5) is 28.6. The van der Waals surface area contributed by atoms with Crippen LogP contribution in [0.15, 0.2) is 42.5 Å². The van der Waals surface area contributed by atoms with E-state index in [-0.39, 0.29) is 18.0 Å².